The van der Waals surface area contributed by atoms with Crippen LogP contribution in [0, 0.1) is 0 Å². The summed E-state index contributed by atoms with van der Waals surface area (Å²) in [5.74, 6) is 0.198. The van der Waals surface area contributed by atoms with Crippen molar-refractivity contribution in [2.75, 3.05) is 59.8 Å². The van der Waals surface area contributed by atoms with Crippen molar-refractivity contribution in [3.05, 3.63) is 63.3 Å². The predicted octanol–water partition coefficient (Wildman–Crippen LogP) is 3.93. The number of ether oxygens (including phenoxy) is 3. The van der Waals surface area contributed by atoms with E-state index >= 15 is 0 Å². The van der Waals surface area contributed by atoms with Gasteiger partial charge in [-0.15, -0.1) is 0 Å². The molecule has 34 heavy (non-hydrogen) atoms. The van der Waals surface area contributed by atoms with Gasteiger partial charge in [0, 0.05) is 47.2 Å². The van der Waals surface area contributed by atoms with Gasteiger partial charge in [-0.05, 0) is 41.9 Å². The van der Waals surface area contributed by atoms with Crippen LogP contribution >= 0.6 is 23.2 Å². The van der Waals surface area contributed by atoms with E-state index in [9.17, 15) is 0 Å². The Morgan fingerprint density at radius 1 is 1.00 bits per heavy atom. The number of nitrogens with zero attached hydrogens (tertiary/aromatic N) is 3. The number of rotatable bonds is 12. The van der Waals surface area contributed by atoms with E-state index in [1.54, 1.807) is 0 Å². The van der Waals surface area contributed by atoms with Gasteiger partial charge in [0.1, 0.15) is 0 Å². The van der Waals surface area contributed by atoms with Gasteiger partial charge in [0.15, 0.2) is 0 Å². The number of likely N-dealkylation sites (N-methyl/N-ethyl adjacent to an activating group) is 1. The molecule has 1 unspecified atom stereocenters. The molecule has 0 radical (unpaired) electrons. The highest BCUT2D eigenvalue weighted by Crippen LogP contribution is 2.38. The molecule has 1 aliphatic rings. The van der Waals surface area contributed by atoms with Gasteiger partial charge < -0.3 is 24.8 Å². The summed E-state index contributed by atoms with van der Waals surface area (Å²) in [4.78, 5) is 2.30. The van der Waals surface area contributed by atoms with Crippen molar-refractivity contribution in [2.45, 2.75) is 19.0 Å². The van der Waals surface area contributed by atoms with Crippen molar-refractivity contribution in [3.8, 4) is 0 Å². The second kappa shape index (κ2) is 12.3. The molecule has 1 aromatic heterocycles. The van der Waals surface area contributed by atoms with Crippen LogP contribution in [0.3, 0.4) is 0 Å². The molecule has 4 rings (SSSR count). The highest BCUT2D eigenvalue weighted by molar-refractivity contribution is 6.35. The lowest BCUT2D eigenvalue weighted by molar-refractivity contribution is 0.0142. The van der Waals surface area contributed by atoms with Crippen LogP contribution in [-0.2, 0) is 27.3 Å². The number of aromatic nitrogens is 2. The standard InChI is InChI=1S/C25H32Cl2N4O3/c1-30-16-22(21-13-20(26)14-24(27)23(21)17-30)18-2-3-19-15-31(29-25(19)12-18)5-7-33-9-11-34-10-8-32-6-4-28/h2-3,12-15,22H,4-11,16-17,28H2,1H3. The van der Waals surface area contributed by atoms with Gasteiger partial charge in [-0.2, -0.15) is 5.10 Å². The molecular weight excluding hydrogens is 475 g/mol. The second-order valence-electron chi connectivity index (χ2n) is 8.54. The lowest BCUT2D eigenvalue weighted by atomic mass is 9.84. The molecule has 9 heteroatoms. The molecule has 0 saturated carbocycles. The van der Waals surface area contributed by atoms with Crippen molar-refractivity contribution in [1.29, 1.82) is 0 Å². The van der Waals surface area contributed by atoms with Crippen LogP contribution in [0.4, 0.5) is 0 Å². The van der Waals surface area contributed by atoms with Crippen molar-refractivity contribution >= 4 is 34.1 Å². The van der Waals surface area contributed by atoms with Crippen LogP contribution < -0.4 is 5.73 Å². The molecule has 0 bridgehead atoms. The summed E-state index contributed by atoms with van der Waals surface area (Å²) in [7, 11) is 2.12. The number of halogens is 2. The van der Waals surface area contributed by atoms with Crippen LogP contribution in [0.5, 0.6) is 0 Å². The minimum atomic E-state index is 0.198. The number of fused-ring (bicyclic) bond motifs is 2. The molecule has 0 saturated heterocycles. The van der Waals surface area contributed by atoms with Gasteiger partial charge >= 0.3 is 0 Å². The van der Waals surface area contributed by atoms with E-state index in [-0.39, 0.29) is 5.92 Å². The van der Waals surface area contributed by atoms with Crippen LogP contribution in [0.15, 0.2) is 36.5 Å². The molecule has 3 aromatic rings. The fourth-order valence-electron chi connectivity index (χ4n) is 4.33. The molecule has 0 amide bonds. The molecule has 0 spiro atoms. The van der Waals surface area contributed by atoms with Crippen LogP contribution in [0.2, 0.25) is 10.0 Å². The van der Waals surface area contributed by atoms with Crippen molar-refractivity contribution in [1.82, 2.24) is 14.7 Å². The zero-order valence-electron chi connectivity index (χ0n) is 19.5. The maximum atomic E-state index is 6.52. The van der Waals surface area contributed by atoms with Crippen LogP contribution in [0.25, 0.3) is 10.9 Å². The van der Waals surface area contributed by atoms with Crippen molar-refractivity contribution in [3.63, 3.8) is 0 Å². The molecule has 184 valence electrons. The summed E-state index contributed by atoms with van der Waals surface area (Å²) < 4.78 is 18.3. The monoisotopic (exact) mass is 506 g/mol. The summed E-state index contributed by atoms with van der Waals surface area (Å²) in [5.41, 5.74) is 9.91. The highest BCUT2D eigenvalue weighted by Gasteiger charge is 2.27. The van der Waals surface area contributed by atoms with E-state index in [2.05, 4.69) is 42.4 Å². The van der Waals surface area contributed by atoms with E-state index in [0.29, 0.717) is 57.8 Å². The lowest BCUT2D eigenvalue weighted by Crippen LogP contribution is -2.31. The maximum Gasteiger partial charge on any atom is 0.0926 e. The van der Waals surface area contributed by atoms with E-state index < -0.39 is 0 Å². The first-order valence-electron chi connectivity index (χ1n) is 11.6. The highest BCUT2D eigenvalue weighted by atomic mass is 35.5. The van der Waals surface area contributed by atoms with Crippen molar-refractivity contribution in [2.24, 2.45) is 5.73 Å². The fourth-order valence-corrected chi connectivity index (χ4v) is 4.90. The molecule has 7 nitrogen and oxygen atoms in total. The topological polar surface area (TPSA) is 74.8 Å². The Labute approximate surface area is 210 Å². The normalized spacial score (nSPS) is 16.3. The third kappa shape index (κ3) is 6.49. The van der Waals surface area contributed by atoms with E-state index in [1.807, 2.05) is 10.7 Å². The van der Waals surface area contributed by atoms with Gasteiger partial charge in [-0.1, -0.05) is 35.3 Å². The van der Waals surface area contributed by atoms with Crippen molar-refractivity contribution < 1.29 is 14.2 Å². The Morgan fingerprint density at radius 2 is 1.74 bits per heavy atom. The molecule has 2 N–H and O–H groups in total. The van der Waals surface area contributed by atoms with Crippen LogP contribution in [-0.4, -0.2) is 74.5 Å². The summed E-state index contributed by atoms with van der Waals surface area (Å²) >= 11 is 12.9. The number of hydrogen-bond donors (Lipinski definition) is 1. The first-order valence-corrected chi connectivity index (χ1v) is 12.4. The minimum Gasteiger partial charge on any atom is -0.378 e. The average Bonchev–Trinajstić information content (AvgIpc) is 3.22. The molecule has 2 heterocycles. The SMILES string of the molecule is CN1Cc2c(Cl)cc(Cl)cc2C(c2ccc3cn(CCOCCOCCOCCN)nc3c2)C1. The molecule has 2 aromatic carbocycles. The molecular formula is C25H32Cl2N4O3. The zero-order chi connectivity index (χ0) is 23.9. The third-order valence-electron chi connectivity index (χ3n) is 5.94. The smallest absolute Gasteiger partial charge is 0.0926 e. The van der Waals surface area contributed by atoms with E-state index in [4.69, 9.17) is 48.2 Å². The summed E-state index contributed by atoms with van der Waals surface area (Å²) in [5, 5.41) is 7.28. The first kappa shape index (κ1) is 25.4. The third-order valence-corrected chi connectivity index (χ3v) is 6.50. The molecule has 0 aliphatic carbocycles. The summed E-state index contributed by atoms with van der Waals surface area (Å²) in [6.45, 7) is 6.28. The average molecular weight is 507 g/mol. The fraction of sp³-hybridized carbons (Fsp3) is 0.480. The summed E-state index contributed by atoms with van der Waals surface area (Å²) in [6.07, 6.45) is 2.06. The number of hydrogen-bond acceptors (Lipinski definition) is 6. The van der Waals surface area contributed by atoms with Gasteiger partial charge in [0.05, 0.1) is 51.7 Å². The quantitative estimate of drug-likeness (QED) is 0.375. The largest absolute Gasteiger partial charge is 0.378 e. The minimum absolute atomic E-state index is 0.198. The lowest BCUT2D eigenvalue weighted by Gasteiger charge is -2.33. The van der Waals surface area contributed by atoms with Gasteiger partial charge in [0.2, 0.25) is 0 Å². The zero-order valence-corrected chi connectivity index (χ0v) is 21.0. The Morgan fingerprint density at radius 3 is 2.50 bits per heavy atom. The first-order chi connectivity index (χ1) is 16.5. The van der Waals surface area contributed by atoms with Gasteiger partial charge in [0.25, 0.3) is 0 Å². The maximum absolute atomic E-state index is 6.52. The van der Waals surface area contributed by atoms with E-state index in [0.717, 1.165) is 34.6 Å². The predicted molar refractivity (Wildman–Crippen MR) is 136 cm³/mol. The van der Waals surface area contributed by atoms with Crippen LogP contribution in [0.1, 0.15) is 22.6 Å². The summed E-state index contributed by atoms with van der Waals surface area (Å²) in [6, 6.07) is 10.4. The molecule has 0 fully saturated rings. The van der Waals surface area contributed by atoms with Gasteiger partial charge in [-0.3, -0.25) is 4.68 Å². The molecule has 1 atom stereocenters. The number of benzene rings is 2. The Balaban J connectivity index is 1.34. The second-order valence-corrected chi connectivity index (χ2v) is 9.38. The number of nitrogens with two attached hydrogens (primary N) is 1. The Bertz CT molecular complexity index is 1090. The molecule has 1 aliphatic heterocycles. The van der Waals surface area contributed by atoms with E-state index in [1.165, 1.54) is 11.1 Å². The Kier molecular flexibility index (Phi) is 9.19. The Hall–Kier alpha value is -1.71. The van der Waals surface area contributed by atoms with Gasteiger partial charge in [-0.25, -0.2) is 0 Å².